The van der Waals surface area contributed by atoms with Crippen molar-refractivity contribution >= 4 is 28.2 Å². The summed E-state index contributed by atoms with van der Waals surface area (Å²) in [6.45, 7) is 2.39. The van der Waals surface area contributed by atoms with Gasteiger partial charge in [0.05, 0.1) is 12.2 Å². The molecule has 0 spiro atoms. The first-order valence-electron chi connectivity index (χ1n) is 5.61. The number of hydrogen-bond donors (Lipinski definition) is 0. The highest BCUT2D eigenvalue weighted by molar-refractivity contribution is 7.80. The van der Waals surface area contributed by atoms with Crippen LogP contribution in [0.25, 0.3) is 22.2 Å². The van der Waals surface area contributed by atoms with E-state index in [9.17, 15) is 0 Å². The molecule has 2 aliphatic rings. The van der Waals surface area contributed by atoms with Crippen LogP contribution in [0, 0.1) is 0 Å². The summed E-state index contributed by atoms with van der Waals surface area (Å²) in [4.78, 5) is 0. The second-order valence-corrected chi connectivity index (χ2v) is 4.13. The summed E-state index contributed by atoms with van der Waals surface area (Å²) in [5, 5.41) is 9.54. The Labute approximate surface area is 109 Å². The Morgan fingerprint density at radius 3 is 3.00 bits per heavy atom. The SMILES string of the molecule is CCOC(=S)c1nnc2c3ccccc3occ1-2. The first-order chi connectivity index (χ1) is 8.81. The minimum atomic E-state index is 0.352. The second kappa shape index (κ2) is 4.34. The summed E-state index contributed by atoms with van der Waals surface area (Å²) in [5.74, 6) is 0. The Kier molecular flexibility index (Phi) is 2.68. The van der Waals surface area contributed by atoms with Gasteiger partial charge in [-0.3, -0.25) is 0 Å². The number of fused-ring (bicyclic) bond motifs is 3. The van der Waals surface area contributed by atoms with E-state index in [0.29, 0.717) is 17.4 Å². The van der Waals surface area contributed by atoms with E-state index in [0.717, 1.165) is 22.2 Å². The molecule has 0 radical (unpaired) electrons. The number of para-hydroxylation sites is 1. The molecule has 0 saturated heterocycles. The van der Waals surface area contributed by atoms with Gasteiger partial charge >= 0.3 is 0 Å². The van der Waals surface area contributed by atoms with Crippen LogP contribution in [0.2, 0.25) is 0 Å². The van der Waals surface area contributed by atoms with E-state index in [2.05, 4.69) is 10.2 Å². The summed E-state index contributed by atoms with van der Waals surface area (Å²) in [6, 6.07) is 7.69. The Hall–Kier alpha value is -2.01. The average molecular weight is 258 g/mol. The molecule has 0 bridgehead atoms. The van der Waals surface area contributed by atoms with Gasteiger partial charge in [0.2, 0.25) is 5.05 Å². The lowest BCUT2D eigenvalue weighted by Crippen LogP contribution is -2.04. The Bertz CT molecular complexity index is 693. The van der Waals surface area contributed by atoms with Gasteiger partial charge in [-0.25, -0.2) is 0 Å². The van der Waals surface area contributed by atoms with Crippen molar-refractivity contribution < 1.29 is 9.15 Å². The van der Waals surface area contributed by atoms with Crippen LogP contribution in [-0.4, -0.2) is 21.9 Å². The van der Waals surface area contributed by atoms with E-state index in [1.165, 1.54) is 0 Å². The summed E-state index contributed by atoms with van der Waals surface area (Å²) in [5.41, 5.74) is 2.91. The number of benzene rings is 1. The summed E-state index contributed by atoms with van der Waals surface area (Å²) < 4.78 is 10.9. The molecule has 0 fully saturated rings. The maximum atomic E-state index is 5.56. The normalized spacial score (nSPS) is 10.9. The molecule has 90 valence electrons. The van der Waals surface area contributed by atoms with Gasteiger partial charge in [0, 0.05) is 5.39 Å². The maximum Gasteiger partial charge on any atom is 0.212 e. The molecule has 0 aromatic heterocycles. The fourth-order valence-corrected chi connectivity index (χ4v) is 2.14. The van der Waals surface area contributed by atoms with Gasteiger partial charge < -0.3 is 9.15 Å². The van der Waals surface area contributed by atoms with Crippen molar-refractivity contribution in [1.82, 2.24) is 10.2 Å². The van der Waals surface area contributed by atoms with Crippen molar-refractivity contribution in [2.24, 2.45) is 0 Å². The Morgan fingerprint density at radius 1 is 1.33 bits per heavy atom. The number of nitrogens with zero attached hydrogens (tertiary/aromatic N) is 2. The highest BCUT2D eigenvalue weighted by Gasteiger charge is 2.21. The molecule has 18 heavy (non-hydrogen) atoms. The lowest BCUT2D eigenvalue weighted by molar-refractivity contribution is 0.336. The topological polar surface area (TPSA) is 48.2 Å². The van der Waals surface area contributed by atoms with E-state index in [4.69, 9.17) is 21.4 Å². The van der Waals surface area contributed by atoms with Crippen molar-refractivity contribution in [2.45, 2.75) is 6.92 Å². The zero-order chi connectivity index (χ0) is 12.5. The van der Waals surface area contributed by atoms with Gasteiger partial charge in [0.15, 0.2) is 5.69 Å². The molecule has 1 aromatic rings. The van der Waals surface area contributed by atoms with Gasteiger partial charge in [-0.2, -0.15) is 0 Å². The van der Waals surface area contributed by atoms with Crippen LogP contribution in [0.15, 0.2) is 34.9 Å². The predicted octanol–water partition coefficient (Wildman–Crippen LogP) is 3.04. The third-order valence-corrected chi connectivity index (χ3v) is 2.99. The zero-order valence-corrected chi connectivity index (χ0v) is 10.5. The fourth-order valence-electron chi connectivity index (χ4n) is 1.87. The molecule has 2 aliphatic heterocycles. The fraction of sp³-hybridized carbons (Fsp3) is 0.154. The van der Waals surface area contributed by atoms with Gasteiger partial charge in [-0.15, -0.1) is 10.2 Å². The van der Waals surface area contributed by atoms with E-state index >= 15 is 0 Å². The molecule has 0 saturated carbocycles. The molecular weight excluding hydrogens is 248 g/mol. The van der Waals surface area contributed by atoms with E-state index < -0.39 is 0 Å². The number of aromatic nitrogens is 2. The van der Waals surface area contributed by atoms with E-state index in [1.807, 2.05) is 31.2 Å². The Balaban J connectivity index is 2.20. The van der Waals surface area contributed by atoms with Crippen LogP contribution in [0.5, 0.6) is 0 Å². The third kappa shape index (κ3) is 1.64. The standard InChI is InChI=1S/C13H10N2O2S/c1-2-16-13(18)12-9-7-17-10-6-4-3-5-8(10)11(9)14-15-12/h3-7H,2H2,1H3. The lowest BCUT2D eigenvalue weighted by atomic mass is 10.1. The minimum absolute atomic E-state index is 0.352. The van der Waals surface area contributed by atoms with Crippen LogP contribution in [0.1, 0.15) is 12.6 Å². The molecule has 0 atom stereocenters. The third-order valence-electron chi connectivity index (χ3n) is 2.67. The first-order valence-corrected chi connectivity index (χ1v) is 6.02. The molecule has 0 amide bonds. The largest absolute Gasteiger partial charge is 0.482 e. The predicted molar refractivity (Wildman–Crippen MR) is 71.8 cm³/mol. The molecule has 5 heteroatoms. The van der Waals surface area contributed by atoms with Gasteiger partial charge in [-0.1, -0.05) is 12.1 Å². The summed E-state index contributed by atoms with van der Waals surface area (Å²) in [6.07, 6.45) is 1.62. The van der Waals surface area contributed by atoms with Crippen LogP contribution in [-0.2, 0) is 4.74 Å². The number of hydrogen-bond acceptors (Lipinski definition) is 5. The van der Waals surface area contributed by atoms with Crippen LogP contribution < -0.4 is 0 Å². The van der Waals surface area contributed by atoms with Crippen molar-refractivity contribution in [1.29, 1.82) is 0 Å². The molecule has 0 N–H and O–H groups in total. The monoisotopic (exact) mass is 258 g/mol. The van der Waals surface area contributed by atoms with Crippen molar-refractivity contribution in [3.8, 4) is 11.3 Å². The molecule has 0 aliphatic carbocycles. The van der Waals surface area contributed by atoms with Crippen molar-refractivity contribution in [2.75, 3.05) is 6.61 Å². The molecule has 1 aromatic carbocycles. The average Bonchev–Trinajstić information content (AvgIpc) is 2.83. The van der Waals surface area contributed by atoms with E-state index in [1.54, 1.807) is 6.26 Å². The molecule has 0 unspecified atom stereocenters. The van der Waals surface area contributed by atoms with Gasteiger partial charge in [-0.05, 0) is 31.3 Å². The number of ether oxygens (including phenoxy) is 1. The second-order valence-electron chi connectivity index (χ2n) is 3.76. The summed E-state index contributed by atoms with van der Waals surface area (Å²) >= 11 is 5.16. The van der Waals surface area contributed by atoms with E-state index in [-0.39, 0.29) is 0 Å². The molecule has 2 heterocycles. The van der Waals surface area contributed by atoms with Gasteiger partial charge in [0.1, 0.15) is 17.5 Å². The quantitative estimate of drug-likeness (QED) is 0.661. The Morgan fingerprint density at radius 2 is 2.17 bits per heavy atom. The zero-order valence-electron chi connectivity index (χ0n) is 9.71. The number of rotatable bonds is 2. The van der Waals surface area contributed by atoms with Crippen molar-refractivity contribution in [3.63, 3.8) is 0 Å². The summed E-state index contributed by atoms with van der Waals surface area (Å²) in [7, 11) is 0. The lowest BCUT2D eigenvalue weighted by Gasteiger charge is -2.04. The maximum absolute atomic E-state index is 5.56. The first kappa shape index (κ1) is 11.1. The van der Waals surface area contributed by atoms with Gasteiger partial charge in [0.25, 0.3) is 0 Å². The number of thiocarbonyl (C=S) groups is 1. The molecular formula is C13H10N2O2S. The van der Waals surface area contributed by atoms with Crippen LogP contribution in [0.3, 0.4) is 0 Å². The molecule has 4 nitrogen and oxygen atoms in total. The smallest absolute Gasteiger partial charge is 0.212 e. The highest BCUT2D eigenvalue weighted by atomic mass is 32.1. The van der Waals surface area contributed by atoms with Crippen molar-refractivity contribution in [3.05, 3.63) is 36.2 Å². The van der Waals surface area contributed by atoms with Crippen LogP contribution in [0.4, 0.5) is 0 Å². The van der Waals surface area contributed by atoms with Crippen LogP contribution >= 0.6 is 12.2 Å². The molecule has 3 rings (SSSR count). The minimum Gasteiger partial charge on any atom is -0.482 e. The highest BCUT2D eigenvalue weighted by Crippen LogP contribution is 2.31.